The van der Waals surface area contributed by atoms with Gasteiger partial charge in [-0.3, -0.25) is 38.4 Å². The molecule has 19 N–H and O–H groups in total. The smallest absolute Gasteiger partial charge is 0.245 e. The van der Waals surface area contributed by atoms with Crippen LogP contribution in [0.1, 0.15) is 64.9 Å². The fourth-order valence-electron chi connectivity index (χ4n) is 6.40. The minimum atomic E-state index is -1.56. The van der Waals surface area contributed by atoms with Crippen molar-refractivity contribution in [1.82, 2.24) is 42.5 Å². The molecule has 0 radical (unpaired) electrons. The lowest BCUT2D eigenvalue weighted by molar-refractivity contribution is -0.136. The summed E-state index contributed by atoms with van der Waals surface area (Å²) in [4.78, 5) is 109. The van der Waals surface area contributed by atoms with Gasteiger partial charge >= 0.3 is 0 Å². The zero-order chi connectivity index (χ0) is 45.6. The molecule has 9 atom stereocenters. The van der Waals surface area contributed by atoms with E-state index in [0.717, 1.165) is 0 Å². The minimum absolute atomic E-state index is 0.0363. The van der Waals surface area contributed by atoms with Crippen LogP contribution >= 0.6 is 0 Å². The molecule has 8 amide bonds. The summed E-state index contributed by atoms with van der Waals surface area (Å²) in [5.41, 5.74) is 29.6. The van der Waals surface area contributed by atoms with Crippen molar-refractivity contribution in [3.63, 3.8) is 0 Å². The summed E-state index contributed by atoms with van der Waals surface area (Å²) in [5, 5.41) is 31.2. The summed E-state index contributed by atoms with van der Waals surface area (Å²) in [6.45, 7) is 4.41. The van der Waals surface area contributed by atoms with E-state index in [1.54, 1.807) is 30.3 Å². The Morgan fingerprint density at radius 3 is 1.61 bits per heavy atom. The quantitative estimate of drug-likeness (QED) is 0.0782. The second kappa shape index (κ2) is 26.8. The van der Waals surface area contributed by atoms with E-state index < -0.39 is 102 Å². The first kappa shape index (κ1) is 51.9. The zero-order valence-corrected chi connectivity index (χ0v) is 35.2. The Morgan fingerprint density at radius 2 is 1.11 bits per heavy atom. The van der Waals surface area contributed by atoms with Crippen molar-refractivity contribution in [3.8, 4) is 0 Å². The SMILES string of the molecule is CC(C)C[C@@H]1NC(=O)[C@H](Cc2ccccc2)NC(=O)[C@H](CCN)NC(=O)[C@@H](NC(=O)[C@@H](N)CCN)CCNC(=O)[C@H]([C@@H](C)O)NC(=O)[C@@H](CCN)NC(=O)[C@H](CCN)NC1=O. The summed E-state index contributed by atoms with van der Waals surface area (Å²) < 4.78 is 0. The first-order valence-electron chi connectivity index (χ1n) is 20.6. The standard InChI is InChI=1S/C39H67N13O9/c1-21(2)19-29-37(59)49-25(10-15-41)33(55)48-27(12-17-43)36(58)52-31(22(3)53)39(61)45-18-13-28(46-32(54)24(44)9-14-40)35(57)47-26(11-16-42)34(56)51-30(38(60)50-29)20-23-7-5-4-6-8-23/h4-8,21-22,24-31,53H,9-20,40-44H2,1-3H3,(H,45,61)(H,46,54)(H,47,57)(H,48,55)(H,49,59)(H,50,60)(H,51,56)(H,52,58)/t22-,24+,25+,26+,27-,28+,29+,30+,31+/m1/s1. The molecular formula is C39H67N13O9. The number of aliphatic hydroxyl groups is 1. The number of carbonyl (C=O) groups excluding carboxylic acids is 8. The van der Waals surface area contributed by atoms with Gasteiger partial charge in [-0.2, -0.15) is 0 Å². The molecule has 22 heteroatoms. The molecule has 1 fully saturated rings. The topological polar surface area (TPSA) is 383 Å². The molecule has 22 nitrogen and oxygen atoms in total. The second-order valence-electron chi connectivity index (χ2n) is 15.4. The first-order chi connectivity index (χ1) is 28.9. The maximum Gasteiger partial charge on any atom is 0.245 e. The zero-order valence-electron chi connectivity index (χ0n) is 35.2. The summed E-state index contributed by atoms with van der Waals surface area (Å²) in [7, 11) is 0. The number of aliphatic hydroxyl groups excluding tert-OH is 1. The second-order valence-corrected chi connectivity index (χ2v) is 15.4. The van der Waals surface area contributed by atoms with Gasteiger partial charge in [0.05, 0.1) is 12.1 Å². The maximum absolute atomic E-state index is 14.1. The molecule has 0 spiro atoms. The largest absolute Gasteiger partial charge is 0.391 e. The third kappa shape index (κ3) is 17.7. The highest BCUT2D eigenvalue weighted by Crippen LogP contribution is 2.10. The predicted molar refractivity (Wildman–Crippen MR) is 225 cm³/mol. The van der Waals surface area contributed by atoms with Crippen LogP contribution in [0.2, 0.25) is 0 Å². The van der Waals surface area contributed by atoms with Gasteiger partial charge in [-0.15, -0.1) is 0 Å². The lowest BCUT2D eigenvalue weighted by Gasteiger charge is -2.28. The van der Waals surface area contributed by atoms with Crippen LogP contribution in [0, 0.1) is 5.92 Å². The number of benzene rings is 1. The highest BCUT2D eigenvalue weighted by molar-refractivity contribution is 5.98. The van der Waals surface area contributed by atoms with Gasteiger partial charge in [0.2, 0.25) is 47.3 Å². The summed E-state index contributed by atoms with van der Waals surface area (Å²) in [6.07, 6.45) is -1.86. The average Bonchev–Trinajstić information content (AvgIpc) is 3.20. The van der Waals surface area contributed by atoms with Crippen LogP contribution < -0.4 is 71.2 Å². The highest BCUT2D eigenvalue weighted by Gasteiger charge is 2.35. The van der Waals surface area contributed by atoms with Gasteiger partial charge in [0, 0.05) is 13.0 Å². The van der Waals surface area contributed by atoms with Crippen LogP contribution in [0.3, 0.4) is 0 Å². The number of rotatable bonds is 15. The van der Waals surface area contributed by atoms with Crippen LogP contribution in [-0.2, 0) is 44.8 Å². The van der Waals surface area contributed by atoms with Gasteiger partial charge in [-0.25, -0.2) is 0 Å². The summed E-state index contributed by atoms with van der Waals surface area (Å²) >= 11 is 0. The molecule has 2 rings (SSSR count). The summed E-state index contributed by atoms with van der Waals surface area (Å²) in [5.74, 6) is -6.64. The molecule has 61 heavy (non-hydrogen) atoms. The Bertz CT molecular complexity index is 1620. The van der Waals surface area contributed by atoms with Crippen LogP contribution in [0.4, 0.5) is 0 Å². The van der Waals surface area contributed by atoms with Gasteiger partial charge in [0.15, 0.2) is 0 Å². The highest BCUT2D eigenvalue weighted by atomic mass is 16.3. The average molecular weight is 862 g/mol. The molecule has 1 aromatic carbocycles. The number of carbonyl (C=O) groups is 8. The molecule has 0 saturated carbocycles. The van der Waals surface area contributed by atoms with E-state index in [9.17, 15) is 43.5 Å². The van der Waals surface area contributed by atoms with Crippen LogP contribution in [0.5, 0.6) is 0 Å². The molecule has 1 saturated heterocycles. The molecule has 0 aliphatic carbocycles. The molecule has 1 aliphatic rings. The van der Waals surface area contributed by atoms with E-state index in [1.165, 1.54) is 6.92 Å². The Labute approximate surface area is 356 Å². The van der Waals surface area contributed by atoms with E-state index in [1.807, 2.05) is 13.8 Å². The Hall–Kier alpha value is -5.26. The van der Waals surface area contributed by atoms with Crippen molar-refractivity contribution in [3.05, 3.63) is 35.9 Å². The first-order valence-corrected chi connectivity index (χ1v) is 20.6. The maximum atomic E-state index is 14.1. The molecule has 0 aromatic heterocycles. The molecule has 1 heterocycles. The molecule has 1 aromatic rings. The molecule has 1 aliphatic heterocycles. The van der Waals surface area contributed by atoms with E-state index in [0.29, 0.717) is 5.56 Å². The fraction of sp³-hybridized carbons (Fsp3) is 0.641. The predicted octanol–water partition coefficient (Wildman–Crippen LogP) is -5.71. The fourth-order valence-corrected chi connectivity index (χ4v) is 6.40. The third-order valence-corrected chi connectivity index (χ3v) is 9.76. The van der Waals surface area contributed by atoms with Crippen molar-refractivity contribution in [1.29, 1.82) is 0 Å². The summed E-state index contributed by atoms with van der Waals surface area (Å²) in [6, 6.07) is -1.80. The van der Waals surface area contributed by atoms with E-state index in [4.69, 9.17) is 28.7 Å². The third-order valence-electron chi connectivity index (χ3n) is 9.76. The van der Waals surface area contributed by atoms with Gasteiger partial charge in [0.1, 0.15) is 42.3 Å². The van der Waals surface area contributed by atoms with Gasteiger partial charge in [-0.1, -0.05) is 44.2 Å². The van der Waals surface area contributed by atoms with Crippen molar-refractivity contribution < 1.29 is 43.5 Å². The number of nitrogens with two attached hydrogens (primary N) is 5. The van der Waals surface area contributed by atoms with Crippen LogP contribution in [0.15, 0.2) is 30.3 Å². The molecule has 0 unspecified atom stereocenters. The molecule has 342 valence electrons. The van der Waals surface area contributed by atoms with Crippen molar-refractivity contribution >= 4 is 47.3 Å². The Morgan fingerprint density at radius 1 is 0.656 bits per heavy atom. The minimum Gasteiger partial charge on any atom is -0.391 e. The number of hydrogen-bond acceptors (Lipinski definition) is 14. The Balaban J connectivity index is 2.69. The van der Waals surface area contributed by atoms with E-state index in [2.05, 4.69) is 42.5 Å². The Kier molecular flexibility index (Phi) is 22.8. The van der Waals surface area contributed by atoms with Crippen molar-refractivity contribution in [2.75, 3.05) is 32.7 Å². The van der Waals surface area contributed by atoms with Gasteiger partial charge < -0.3 is 76.3 Å². The number of nitrogens with one attached hydrogen (secondary N) is 8. The normalized spacial score (nSPS) is 25.4. The molecule has 0 bridgehead atoms. The lowest BCUT2D eigenvalue weighted by Crippen LogP contribution is -2.61. The van der Waals surface area contributed by atoms with E-state index >= 15 is 0 Å². The van der Waals surface area contributed by atoms with Crippen molar-refractivity contribution in [2.24, 2.45) is 34.6 Å². The van der Waals surface area contributed by atoms with Gasteiger partial charge in [-0.05, 0) is 83.1 Å². The monoisotopic (exact) mass is 862 g/mol. The molecular weight excluding hydrogens is 795 g/mol. The van der Waals surface area contributed by atoms with Crippen LogP contribution in [0.25, 0.3) is 0 Å². The van der Waals surface area contributed by atoms with E-state index in [-0.39, 0.29) is 83.6 Å². The van der Waals surface area contributed by atoms with Crippen molar-refractivity contribution in [2.45, 2.75) is 120 Å². The van der Waals surface area contributed by atoms with Gasteiger partial charge in [0.25, 0.3) is 0 Å². The number of amides is 8. The number of hydrogen-bond donors (Lipinski definition) is 14. The van der Waals surface area contributed by atoms with Crippen LogP contribution in [-0.4, -0.2) is 140 Å². The lowest BCUT2D eigenvalue weighted by atomic mass is 10.00.